The number of carbonyl (C=O) groups excluding carboxylic acids is 2. The topological polar surface area (TPSA) is 62.4 Å². The number of aromatic amines is 1. The van der Waals surface area contributed by atoms with Crippen LogP contribution in [-0.4, -0.2) is 36.9 Å². The van der Waals surface area contributed by atoms with E-state index in [1.54, 1.807) is 43.1 Å². The molecule has 0 aliphatic rings. The number of ketones is 1. The Hall–Kier alpha value is -2.50. The third kappa shape index (κ3) is 3.94. The summed E-state index contributed by atoms with van der Waals surface area (Å²) in [4.78, 5) is 29.8. The molecule has 1 N–H and O–H groups in total. The lowest BCUT2D eigenvalue weighted by Crippen LogP contribution is -2.27. The number of nitrogens with one attached hydrogen (secondary N) is 1. The molecular weight excluding hydrogens is 387 g/mol. The number of hydrogen-bond acceptors (Lipinski definition) is 4. The van der Waals surface area contributed by atoms with Crippen molar-refractivity contribution in [2.24, 2.45) is 0 Å². The summed E-state index contributed by atoms with van der Waals surface area (Å²) >= 11 is 12.3. The standard InChI is InChI=1S/C20H18Cl2N2O3/c1-3-27-20(26)18-19(13-9-14(21)15(22)10-16(13)23-18)24(2)11-17(25)12-7-5-4-6-8-12/h4-10,23H,3,11H2,1-2H3. The van der Waals surface area contributed by atoms with Gasteiger partial charge < -0.3 is 14.6 Å². The van der Waals surface area contributed by atoms with E-state index in [2.05, 4.69) is 4.98 Å². The molecule has 1 heterocycles. The van der Waals surface area contributed by atoms with Crippen molar-refractivity contribution < 1.29 is 14.3 Å². The Morgan fingerprint density at radius 3 is 2.44 bits per heavy atom. The Balaban J connectivity index is 2.04. The third-order valence-electron chi connectivity index (χ3n) is 4.15. The SMILES string of the molecule is CCOC(=O)c1[nH]c2cc(Cl)c(Cl)cc2c1N(C)CC(=O)c1ccccc1. The fourth-order valence-corrected chi connectivity index (χ4v) is 3.26. The van der Waals surface area contributed by atoms with Gasteiger partial charge in [-0.05, 0) is 19.1 Å². The molecule has 0 atom stereocenters. The van der Waals surface area contributed by atoms with Gasteiger partial charge in [-0.3, -0.25) is 4.79 Å². The monoisotopic (exact) mass is 404 g/mol. The zero-order chi connectivity index (χ0) is 19.6. The highest BCUT2D eigenvalue weighted by Crippen LogP contribution is 2.36. The highest BCUT2D eigenvalue weighted by Gasteiger charge is 2.24. The molecule has 0 aliphatic heterocycles. The van der Waals surface area contributed by atoms with Crippen LogP contribution >= 0.6 is 23.2 Å². The second kappa shape index (κ2) is 8.03. The first-order valence-electron chi connectivity index (χ1n) is 8.39. The van der Waals surface area contributed by atoms with Crippen molar-refractivity contribution >= 4 is 51.5 Å². The van der Waals surface area contributed by atoms with E-state index in [-0.39, 0.29) is 24.6 Å². The molecule has 140 valence electrons. The molecule has 0 radical (unpaired) electrons. The van der Waals surface area contributed by atoms with Crippen LogP contribution in [0.15, 0.2) is 42.5 Å². The number of nitrogens with zero attached hydrogens (tertiary/aromatic N) is 1. The Bertz CT molecular complexity index is 999. The van der Waals surface area contributed by atoms with Crippen molar-refractivity contribution in [2.45, 2.75) is 6.92 Å². The maximum Gasteiger partial charge on any atom is 0.356 e. The third-order valence-corrected chi connectivity index (χ3v) is 4.87. The molecule has 3 aromatic rings. The van der Waals surface area contributed by atoms with Crippen LogP contribution in [0.25, 0.3) is 10.9 Å². The number of benzene rings is 2. The predicted octanol–water partition coefficient (Wildman–Crippen LogP) is 4.97. The molecule has 0 amide bonds. The summed E-state index contributed by atoms with van der Waals surface area (Å²) in [6.45, 7) is 2.06. The van der Waals surface area contributed by atoms with Crippen LogP contribution in [0.1, 0.15) is 27.8 Å². The average molecular weight is 405 g/mol. The number of anilines is 1. The van der Waals surface area contributed by atoms with Crippen molar-refractivity contribution in [1.29, 1.82) is 0 Å². The fraction of sp³-hybridized carbons (Fsp3) is 0.200. The molecule has 5 nitrogen and oxygen atoms in total. The highest BCUT2D eigenvalue weighted by atomic mass is 35.5. The molecule has 0 bridgehead atoms. The van der Waals surface area contributed by atoms with E-state index in [4.69, 9.17) is 27.9 Å². The summed E-state index contributed by atoms with van der Waals surface area (Å²) < 4.78 is 5.15. The van der Waals surface area contributed by atoms with Crippen molar-refractivity contribution in [1.82, 2.24) is 4.98 Å². The van der Waals surface area contributed by atoms with Crippen LogP contribution in [0.5, 0.6) is 0 Å². The summed E-state index contributed by atoms with van der Waals surface area (Å²) in [7, 11) is 1.74. The summed E-state index contributed by atoms with van der Waals surface area (Å²) in [5.41, 5.74) is 2.05. The first-order valence-corrected chi connectivity index (χ1v) is 9.15. The molecule has 0 saturated heterocycles. The number of H-pyrrole nitrogens is 1. The summed E-state index contributed by atoms with van der Waals surface area (Å²) in [6.07, 6.45) is 0. The van der Waals surface area contributed by atoms with Gasteiger partial charge in [-0.2, -0.15) is 0 Å². The van der Waals surface area contributed by atoms with Gasteiger partial charge in [-0.1, -0.05) is 53.5 Å². The van der Waals surface area contributed by atoms with Crippen LogP contribution in [-0.2, 0) is 4.74 Å². The van der Waals surface area contributed by atoms with Crippen LogP contribution in [0, 0.1) is 0 Å². The Morgan fingerprint density at radius 1 is 1.11 bits per heavy atom. The molecule has 1 aromatic heterocycles. The highest BCUT2D eigenvalue weighted by molar-refractivity contribution is 6.43. The smallest absolute Gasteiger partial charge is 0.356 e. The van der Waals surface area contributed by atoms with Gasteiger partial charge in [0.1, 0.15) is 5.69 Å². The van der Waals surface area contributed by atoms with E-state index in [9.17, 15) is 9.59 Å². The number of rotatable bonds is 6. The van der Waals surface area contributed by atoms with Crippen LogP contribution in [0.2, 0.25) is 10.0 Å². The van der Waals surface area contributed by atoms with Gasteiger partial charge in [0.15, 0.2) is 5.78 Å². The largest absolute Gasteiger partial charge is 0.461 e. The lowest BCUT2D eigenvalue weighted by Gasteiger charge is -2.19. The first-order chi connectivity index (χ1) is 12.9. The minimum absolute atomic E-state index is 0.0673. The van der Waals surface area contributed by atoms with Crippen LogP contribution in [0.3, 0.4) is 0 Å². The maximum atomic E-state index is 12.6. The van der Waals surface area contributed by atoms with Gasteiger partial charge in [0, 0.05) is 23.5 Å². The van der Waals surface area contributed by atoms with Gasteiger partial charge >= 0.3 is 5.97 Å². The normalized spacial score (nSPS) is 10.8. The van der Waals surface area contributed by atoms with Gasteiger partial charge in [0.2, 0.25) is 0 Å². The molecule has 0 spiro atoms. The molecule has 7 heteroatoms. The maximum absolute atomic E-state index is 12.6. The van der Waals surface area contributed by atoms with Crippen LogP contribution in [0.4, 0.5) is 5.69 Å². The number of likely N-dealkylation sites (N-methyl/N-ethyl adjacent to an activating group) is 1. The Labute approximate surface area is 166 Å². The van der Waals surface area contributed by atoms with E-state index in [0.29, 0.717) is 32.2 Å². The second-order valence-corrected chi connectivity index (χ2v) is 6.84. The van der Waals surface area contributed by atoms with Crippen molar-refractivity contribution in [3.05, 3.63) is 63.8 Å². The van der Waals surface area contributed by atoms with E-state index < -0.39 is 5.97 Å². The summed E-state index contributed by atoms with van der Waals surface area (Å²) in [5.74, 6) is -0.572. The molecule has 0 aliphatic carbocycles. The fourth-order valence-electron chi connectivity index (χ4n) is 2.93. The van der Waals surface area contributed by atoms with Crippen molar-refractivity contribution in [3.63, 3.8) is 0 Å². The Morgan fingerprint density at radius 2 is 1.78 bits per heavy atom. The summed E-state index contributed by atoms with van der Waals surface area (Å²) in [5, 5.41) is 1.42. The van der Waals surface area contributed by atoms with E-state index in [1.165, 1.54) is 0 Å². The molecule has 3 rings (SSSR count). The number of fused-ring (bicyclic) bond motifs is 1. The molecule has 0 unspecified atom stereocenters. The van der Waals surface area contributed by atoms with E-state index in [1.807, 2.05) is 18.2 Å². The number of Topliss-reactive ketones (excluding diaryl/α,β-unsaturated/α-hetero) is 1. The zero-order valence-corrected chi connectivity index (χ0v) is 16.4. The van der Waals surface area contributed by atoms with Gasteiger partial charge in [0.05, 0.1) is 28.9 Å². The molecular formula is C20H18Cl2N2O3. The number of aromatic nitrogens is 1. The molecule has 0 fully saturated rings. The second-order valence-electron chi connectivity index (χ2n) is 6.03. The quantitative estimate of drug-likeness (QED) is 0.465. The van der Waals surface area contributed by atoms with E-state index >= 15 is 0 Å². The number of ether oxygens (including phenoxy) is 1. The lowest BCUT2D eigenvalue weighted by atomic mass is 10.1. The van der Waals surface area contributed by atoms with Gasteiger partial charge in [0.25, 0.3) is 0 Å². The Kier molecular flexibility index (Phi) is 5.73. The number of esters is 1. The predicted molar refractivity (Wildman–Crippen MR) is 108 cm³/mol. The number of halogens is 2. The van der Waals surface area contributed by atoms with E-state index in [0.717, 1.165) is 0 Å². The molecule has 2 aromatic carbocycles. The average Bonchev–Trinajstić information content (AvgIpc) is 3.01. The summed E-state index contributed by atoms with van der Waals surface area (Å²) in [6, 6.07) is 12.3. The van der Waals surface area contributed by atoms with Crippen molar-refractivity contribution in [2.75, 3.05) is 25.1 Å². The van der Waals surface area contributed by atoms with Crippen LogP contribution < -0.4 is 4.90 Å². The van der Waals surface area contributed by atoms with Gasteiger partial charge in [-0.15, -0.1) is 0 Å². The van der Waals surface area contributed by atoms with Gasteiger partial charge in [-0.25, -0.2) is 4.79 Å². The first kappa shape index (κ1) is 19.3. The minimum Gasteiger partial charge on any atom is -0.461 e. The van der Waals surface area contributed by atoms with Crippen molar-refractivity contribution in [3.8, 4) is 0 Å². The zero-order valence-electron chi connectivity index (χ0n) is 14.9. The number of carbonyl (C=O) groups is 2. The lowest BCUT2D eigenvalue weighted by molar-refractivity contribution is 0.0521. The minimum atomic E-state index is -0.505. The molecule has 27 heavy (non-hydrogen) atoms. The number of hydrogen-bond donors (Lipinski definition) is 1. The molecule has 0 saturated carbocycles.